The lowest BCUT2D eigenvalue weighted by Gasteiger charge is -2.28. The predicted molar refractivity (Wildman–Crippen MR) is 122 cm³/mol. The number of halogens is 1. The van der Waals surface area contributed by atoms with Gasteiger partial charge in [0.15, 0.2) is 6.61 Å². The van der Waals surface area contributed by atoms with Crippen molar-refractivity contribution in [3.05, 3.63) is 76.8 Å². The average molecular weight is 469 g/mol. The van der Waals surface area contributed by atoms with Crippen LogP contribution in [-0.4, -0.2) is 35.9 Å². The lowest BCUT2D eigenvalue weighted by atomic mass is 10.1. The smallest absolute Gasteiger partial charge is 0.261 e. The van der Waals surface area contributed by atoms with Crippen molar-refractivity contribution in [2.45, 2.75) is 26.4 Å². The summed E-state index contributed by atoms with van der Waals surface area (Å²) in [6, 6.07) is 20.7. The minimum Gasteiger partial charge on any atom is -0.483 e. The number of amides is 2. The van der Waals surface area contributed by atoms with E-state index in [1.807, 2.05) is 73.7 Å². The maximum absolute atomic E-state index is 13.1. The van der Waals surface area contributed by atoms with Gasteiger partial charge in [-0.3, -0.25) is 9.59 Å². The molecule has 6 heteroatoms. The van der Waals surface area contributed by atoms with Gasteiger partial charge in [-0.2, -0.15) is 0 Å². The lowest BCUT2D eigenvalue weighted by Crippen LogP contribution is -2.49. The third-order valence-corrected chi connectivity index (χ3v) is 5.41. The van der Waals surface area contributed by atoms with Gasteiger partial charge in [-0.1, -0.05) is 64.5 Å². The van der Waals surface area contributed by atoms with Crippen molar-refractivity contribution in [1.29, 1.82) is 0 Å². The normalized spacial score (nSPS) is 11.7. The van der Waals surface area contributed by atoms with Crippen LogP contribution in [0.2, 0.25) is 0 Å². The molecular formula is C24H25BrN2O3. The second kappa shape index (κ2) is 10.3. The molecule has 3 rings (SSSR count). The van der Waals surface area contributed by atoms with Gasteiger partial charge in [0.25, 0.3) is 5.91 Å². The summed E-state index contributed by atoms with van der Waals surface area (Å²) in [4.78, 5) is 27.1. The Balaban J connectivity index is 1.78. The monoisotopic (exact) mass is 468 g/mol. The fourth-order valence-electron chi connectivity index (χ4n) is 3.24. The molecule has 3 aromatic rings. The largest absolute Gasteiger partial charge is 0.483 e. The highest BCUT2D eigenvalue weighted by Crippen LogP contribution is 2.25. The third-order valence-electron chi connectivity index (χ3n) is 4.89. The number of carbonyl (C=O) groups excluding carboxylic acids is 2. The van der Waals surface area contributed by atoms with E-state index in [9.17, 15) is 9.59 Å². The Morgan fingerprint density at radius 2 is 1.73 bits per heavy atom. The van der Waals surface area contributed by atoms with Gasteiger partial charge in [-0.15, -0.1) is 0 Å². The Morgan fingerprint density at radius 3 is 2.47 bits per heavy atom. The van der Waals surface area contributed by atoms with Gasteiger partial charge in [0, 0.05) is 22.9 Å². The van der Waals surface area contributed by atoms with E-state index in [1.54, 1.807) is 11.8 Å². The maximum atomic E-state index is 13.1. The number of carbonyl (C=O) groups is 2. The van der Waals surface area contributed by atoms with Crippen LogP contribution in [0.4, 0.5) is 0 Å². The van der Waals surface area contributed by atoms with Crippen LogP contribution in [0.1, 0.15) is 19.4 Å². The van der Waals surface area contributed by atoms with Crippen molar-refractivity contribution < 1.29 is 14.3 Å². The van der Waals surface area contributed by atoms with E-state index in [0.29, 0.717) is 18.8 Å². The van der Waals surface area contributed by atoms with Crippen molar-refractivity contribution in [2.24, 2.45) is 0 Å². The van der Waals surface area contributed by atoms with Crippen LogP contribution in [0, 0.1) is 0 Å². The van der Waals surface area contributed by atoms with Crippen molar-refractivity contribution in [3.8, 4) is 5.75 Å². The first kappa shape index (κ1) is 21.8. The molecule has 0 bridgehead atoms. The number of rotatable bonds is 8. The molecular weight excluding hydrogens is 444 g/mol. The Hall–Kier alpha value is -2.86. The van der Waals surface area contributed by atoms with Crippen LogP contribution in [0.15, 0.2) is 71.2 Å². The first-order valence-corrected chi connectivity index (χ1v) is 10.7. The quantitative estimate of drug-likeness (QED) is 0.527. The highest BCUT2D eigenvalue weighted by molar-refractivity contribution is 9.10. The van der Waals surface area contributed by atoms with Gasteiger partial charge < -0.3 is 15.0 Å². The first-order chi connectivity index (χ1) is 14.5. The molecule has 0 saturated heterocycles. The Morgan fingerprint density at radius 1 is 1.03 bits per heavy atom. The summed E-state index contributed by atoms with van der Waals surface area (Å²) in [5.74, 6) is 0.216. The molecule has 1 N–H and O–H groups in total. The summed E-state index contributed by atoms with van der Waals surface area (Å²) in [6.45, 7) is 4.28. The molecule has 0 radical (unpaired) electrons. The van der Waals surface area contributed by atoms with E-state index < -0.39 is 6.04 Å². The zero-order valence-corrected chi connectivity index (χ0v) is 18.7. The van der Waals surface area contributed by atoms with Gasteiger partial charge in [-0.05, 0) is 43.0 Å². The van der Waals surface area contributed by atoms with Crippen LogP contribution in [-0.2, 0) is 16.1 Å². The number of nitrogens with one attached hydrogen (secondary N) is 1. The fraction of sp³-hybridized carbons (Fsp3) is 0.250. The topological polar surface area (TPSA) is 58.6 Å². The van der Waals surface area contributed by atoms with Gasteiger partial charge in [0.2, 0.25) is 5.91 Å². The molecule has 156 valence electrons. The molecule has 1 unspecified atom stereocenters. The van der Waals surface area contributed by atoms with E-state index in [2.05, 4.69) is 21.2 Å². The van der Waals surface area contributed by atoms with E-state index in [-0.39, 0.29) is 18.4 Å². The molecule has 1 atom stereocenters. The molecule has 0 spiro atoms. The highest BCUT2D eigenvalue weighted by Gasteiger charge is 2.26. The van der Waals surface area contributed by atoms with Gasteiger partial charge in [-0.25, -0.2) is 0 Å². The zero-order chi connectivity index (χ0) is 21.5. The second-order valence-corrected chi connectivity index (χ2v) is 7.90. The number of nitrogens with zero attached hydrogens (tertiary/aromatic N) is 1. The van der Waals surface area contributed by atoms with E-state index in [0.717, 1.165) is 20.8 Å². The summed E-state index contributed by atoms with van der Waals surface area (Å²) in [7, 11) is 0. The molecule has 0 aliphatic rings. The zero-order valence-electron chi connectivity index (χ0n) is 17.1. The SMILES string of the molecule is CCNC(=O)C(C)N(Cc1ccc(Br)cc1)C(=O)COc1cccc2ccccc12. The molecule has 0 heterocycles. The number of benzene rings is 3. The number of hydrogen-bond acceptors (Lipinski definition) is 3. The highest BCUT2D eigenvalue weighted by atomic mass is 79.9. The predicted octanol–water partition coefficient (Wildman–Crippen LogP) is 4.53. The minimum absolute atomic E-state index is 0.145. The molecule has 3 aromatic carbocycles. The van der Waals surface area contributed by atoms with Gasteiger partial charge >= 0.3 is 0 Å². The summed E-state index contributed by atoms with van der Waals surface area (Å²) < 4.78 is 6.84. The first-order valence-electron chi connectivity index (χ1n) is 9.91. The number of likely N-dealkylation sites (N-methyl/N-ethyl adjacent to an activating group) is 1. The Bertz CT molecular complexity index is 1020. The van der Waals surface area contributed by atoms with Crippen LogP contribution >= 0.6 is 15.9 Å². The summed E-state index contributed by atoms with van der Waals surface area (Å²) >= 11 is 3.42. The van der Waals surface area contributed by atoms with Crippen LogP contribution in [0.5, 0.6) is 5.75 Å². The van der Waals surface area contributed by atoms with Crippen LogP contribution in [0.3, 0.4) is 0 Å². The standard InChI is InChI=1S/C24H25BrN2O3/c1-3-26-24(29)17(2)27(15-18-11-13-20(25)14-12-18)23(28)16-30-22-10-6-8-19-7-4-5-9-21(19)22/h4-14,17H,3,15-16H2,1-2H3,(H,26,29). The molecule has 0 fully saturated rings. The molecule has 30 heavy (non-hydrogen) atoms. The maximum Gasteiger partial charge on any atom is 0.261 e. The van der Waals surface area contributed by atoms with E-state index in [1.165, 1.54) is 0 Å². The van der Waals surface area contributed by atoms with E-state index in [4.69, 9.17) is 4.74 Å². The van der Waals surface area contributed by atoms with Crippen molar-refractivity contribution >= 4 is 38.5 Å². The third kappa shape index (κ3) is 5.39. The van der Waals surface area contributed by atoms with Gasteiger partial charge in [0.1, 0.15) is 11.8 Å². The molecule has 2 amide bonds. The van der Waals surface area contributed by atoms with E-state index >= 15 is 0 Å². The number of hydrogen-bond donors (Lipinski definition) is 1. The second-order valence-electron chi connectivity index (χ2n) is 6.98. The molecule has 0 saturated carbocycles. The molecule has 5 nitrogen and oxygen atoms in total. The molecule has 0 aromatic heterocycles. The Labute approximate surface area is 185 Å². The summed E-state index contributed by atoms with van der Waals surface area (Å²) in [5, 5.41) is 4.79. The lowest BCUT2D eigenvalue weighted by molar-refractivity contribution is -0.142. The average Bonchev–Trinajstić information content (AvgIpc) is 2.76. The van der Waals surface area contributed by atoms with Crippen LogP contribution < -0.4 is 10.1 Å². The minimum atomic E-state index is -0.614. The van der Waals surface area contributed by atoms with Crippen molar-refractivity contribution in [1.82, 2.24) is 10.2 Å². The van der Waals surface area contributed by atoms with Crippen molar-refractivity contribution in [2.75, 3.05) is 13.2 Å². The summed E-state index contributed by atoms with van der Waals surface area (Å²) in [6.07, 6.45) is 0. The number of fused-ring (bicyclic) bond motifs is 1. The summed E-state index contributed by atoms with van der Waals surface area (Å²) in [5.41, 5.74) is 0.938. The number of ether oxygens (including phenoxy) is 1. The Kier molecular flexibility index (Phi) is 7.46. The fourth-order valence-corrected chi connectivity index (χ4v) is 3.50. The van der Waals surface area contributed by atoms with Gasteiger partial charge in [0.05, 0.1) is 0 Å². The van der Waals surface area contributed by atoms with Crippen molar-refractivity contribution in [3.63, 3.8) is 0 Å². The molecule has 0 aliphatic heterocycles. The molecule has 0 aliphatic carbocycles. The van der Waals surface area contributed by atoms with Crippen LogP contribution in [0.25, 0.3) is 10.8 Å².